The van der Waals surface area contributed by atoms with Crippen LogP contribution in [0.2, 0.25) is 0 Å². The third-order valence-corrected chi connectivity index (χ3v) is 5.84. The predicted molar refractivity (Wildman–Crippen MR) is 115 cm³/mol. The van der Waals surface area contributed by atoms with E-state index in [1.807, 2.05) is 43.1 Å². The molecule has 1 unspecified atom stereocenters. The van der Waals surface area contributed by atoms with E-state index < -0.39 is 0 Å². The Labute approximate surface area is 172 Å². The Hall–Kier alpha value is -2.73. The zero-order valence-corrected chi connectivity index (χ0v) is 17.9. The third kappa shape index (κ3) is 3.53. The zero-order valence-electron chi connectivity index (χ0n) is 17.9. The Bertz CT molecular complexity index is 1040. The van der Waals surface area contributed by atoms with Gasteiger partial charge in [-0.2, -0.15) is 5.10 Å². The van der Waals surface area contributed by atoms with Crippen LogP contribution < -0.4 is 0 Å². The first-order valence-corrected chi connectivity index (χ1v) is 10.3. The maximum atomic E-state index is 13.9. The van der Waals surface area contributed by atoms with Crippen molar-refractivity contribution in [3.8, 4) is 0 Å². The van der Waals surface area contributed by atoms with Crippen molar-refractivity contribution < 1.29 is 4.79 Å². The van der Waals surface area contributed by atoms with E-state index in [2.05, 4.69) is 43.0 Å². The number of fused-ring (bicyclic) bond motifs is 1. The highest BCUT2D eigenvalue weighted by atomic mass is 16.2. The van der Waals surface area contributed by atoms with Crippen LogP contribution in [0, 0.1) is 6.92 Å². The molecule has 152 valence electrons. The second-order valence-corrected chi connectivity index (χ2v) is 8.34. The molecule has 1 fully saturated rings. The van der Waals surface area contributed by atoms with Crippen LogP contribution in [0.1, 0.15) is 53.1 Å². The van der Waals surface area contributed by atoms with Crippen LogP contribution in [0.5, 0.6) is 0 Å². The molecule has 0 saturated carbocycles. The SMILES string of the molecule is Cc1nn(C)c2nc(C(C)C)cc(C(=O)N3CCN(C)CC3c3ccccc3)c12. The molecule has 0 radical (unpaired) electrons. The van der Waals surface area contributed by atoms with Gasteiger partial charge in [-0.3, -0.25) is 9.48 Å². The molecule has 29 heavy (non-hydrogen) atoms. The van der Waals surface area contributed by atoms with Crippen LogP contribution >= 0.6 is 0 Å². The minimum absolute atomic E-state index is 0.0325. The van der Waals surface area contributed by atoms with Crippen molar-refractivity contribution in [2.75, 3.05) is 26.7 Å². The average molecular weight is 392 g/mol. The largest absolute Gasteiger partial charge is 0.329 e. The second kappa shape index (κ2) is 7.59. The van der Waals surface area contributed by atoms with E-state index >= 15 is 0 Å². The summed E-state index contributed by atoms with van der Waals surface area (Å²) in [5.41, 5.74) is 4.44. The summed E-state index contributed by atoms with van der Waals surface area (Å²) < 4.78 is 1.78. The minimum atomic E-state index is 0.0325. The quantitative estimate of drug-likeness (QED) is 0.685. The monoisotopic (exact) mass is 391 g/mol. The van der Waals surface area contributed by atoms with Gasteiger partial charge in [0.2, 0.25) is 0 Å². The molecule has 6 nitrogen and oxygen atoms in total. The van der Waals surface area contributed by atoms with Crippen molar-refractivity contribution >= 4 is 16.9 Å². The lowest BCUT2D eigenvalue weighted by atomic mass is 9.99. The third-order valence-electron chi connectivity index (χ3n) is 5.84. The lowest BCUT2D eigenvalue weighted by Gasteiger charge is -2.40. The van der Waals surface area contributed by atoms with E-state index in [1.54, 1.807) is 4.68 Å². The van der Waals surface area contributed by atoms with Gasteiger partial charge in [0, 0.05) is 32.4 Å². The van der Waals surface area contributed by atoms with Crippen LogP contribution in [0.25, 0.3) is 11.0 Å². The average Bonchev–Trinajstić information content (AvgIpc) is 3.01. The van der Waals surface area contributed by atoms with E-state index in [4.69, 9.17) is 4.98 Å². The van der Waals surface area contributed by atoms with E-state index in [9.17, 15) is 4.79 Å². The topological polar surface area (TPSA) is 54.3 Å². The summed E-state index contributed by atoms with van der Waals surface area (Å²) in [6, 6.07) is 12.3. The lowest BCUT2D eigenvalue weighted by Crippen LogP contribution is -2.49. The number of hydrogen-bond acceptors (Lipinski definition) is 4. The Morgan fingerprint density at radius 3 is 2.55 bits per heavy atom. The van der Waals surface area contributed by atoms with Gasteiger partial charge in [0.1, 0.15) is 0 Å². The first-order chi connectivity index (χ1) is 13.9. The summed E-state index contributed by atoms with van der Waals surface area (Å²) in [4.78, 5) is 23.0. The first-order valence-electron chi connectivity index (χ1n) is 10.3. The lowest BCUT2D eigenvalue weighted by molar-refractivity contribution is 0.0499. The van der Waals surface area contributed by atoms with Gasteiger partial charge in [0.15, 0.2) is 5.65 Å². The van der Waals surface area contributed by atoms with E-state index in [1.165, 1.54) is 5.56 Å². The highest BCUT2D eigenvalue weighted by Crippen LogP contribution is 2.31. The molecule has 4 rings (SSSR count). The number of benzene rings is 1. The zero-order chi connectivity index (χ0) is 20.7. The molecule has 1 aliphatic rings. The molecule has 0 spiro atoms. The Balaban J connectivity index is 1.83. The number of amides is 1. The number of piperazine rings is 1. The number of aromatic nitrogens is 3. The fourth-order valence-electron chi connectivity index (χ4n) is 4.21. The van der Waals surface area contributed by atoms with Crippen LogP contribution in [0.4, 0.5) is 0 Å². The van der Waals surface area contributed by atoms with Crippen molar-refractivity contribution in [2.45, 2.75) is 32.7 Å². The summed E-state index contributed by atoms with van der Waals surface area (Å²) in [6.07, 6.45) is 0. The summed E-state index contributed by atoms with van der Waals surface area (Å²) >= 11 is 0. The van der Waals surface area contributed by atoms with Gasteiger partial charge >= 0.3 is 0 Å². The predicted octanol–water partition coefficient (Wildman–Crippen LogP) is 3.53. The van der Waals surface area contributed by atoms with Gasteiger partial charge in [-0.05, 0) is 31.5 Å². The molecular formula is C23H29N5O. The number of aryl methyl sites for hydroxylation is 2. The summed E-state index contributed by atoms with van der Waals surface area (Å²) in [5.74, 6) is 0.302. The van der Waals surface area contributed by atoms with Crippen LogP contribution in [-0.2, 0) is 7.05 Å². The molecule has 0 N–H and O–H groups in total. The molecule has 3 aromatic rings. The number of pyridine rings is 1. The highest BCUT2D eigenvalue weighted by molar-refractivity contribution is 6.06. The van der Waals surface area contributed by atoms with E-state index in [-0.39, 0.29) is 17.9 Å². The van der Waals surface area contributed by atoms with Gasteiger partial charge in [-0.25, -0.2) is 4.98 Å². The minimum Gasteiger partial charge on any atom is -0.329 e. The molecule has 1 aromatic carbocycles. The standard InChI is InChI=1S/C23H29N5O/c1-15(2)19-13-18(21-16(3)25-27(5)22(21)24-19)23(29)28-12-11-26(4)14-20(28)17-9-7-6-8-10-17/h6-10,13,15,20H,11-12,14H2,1-5H3. The maximum Gasteiger partial charge on any atom is 0.255 e. The molecule has 1 saturated heterocycles. The summed E-state index contributed by atoms with van der Waals surface area (Å²) in [5, 5.41) is 5.41. The number of hydrogen-bond donors (Lipinski definition) is 0. The van der Waals surface area contributed by atoms with Gasteiger partial charge in [0.25, 0.3) is 5.91 Å². The number of carbonyl (C=O) groups is 1. The highest BCUT2D eigenvalue weighted by Gasteiger charge is 2.32. The van der Waals surface area contributed by atoms with Crippen LogP contribution in [-0.4, -0.2) is 57.2 Å². The van der Waals surface area contributed by atoms with Gasteiger partial charge in [-0.15, -0.1) is 0 Å². The molecule has 3 heterocycles. The van der Waals surface area contributed by atoms with Crippen molar-refractivity contribution in [3.63, 3.8) is 0 Å². The van der Waals surface area contributed by atoms with E-state index in [0.29, 0.717) is 6.54 Å². The molecule has 0 bridgehead atoms. The van der Waals surface area contributed by atoms with Gasteiger partial charge in [-0.1, -0.05) is 44.2 Å². The fourth-order valence-corrected chi connectivity index (χ4v) is 4.21. The molecule has 0 aliphatic carbocycles. The first kappa shape index (κ1) is 19.6. The molecule has 1 amide bonds. The molecule has 6 heteroatoms. The Kier molecular flexibility index (Phi) is 5.13. The van der Waals surface area contributed by atoms with Gasteiger partial charge < -0.3 is 9.80 Å². The number of rotatable bonds is 3. The van der Waals surface area contributed by atoms with Crippen LogP contribution in [0.15, 0.2) is 36.4 Å². The van der Waals surface area contributed by atoms with Gasteiger partial charge in [0.05, 0.1) is 22.7 Å². The maximum absolute atomic E-state index is 13.9. The Morgan fingerprint density at radius 2 is 1.86 bits per heavy atom. The van der Waals surface area contributed by atoms with Crippen LogP contribution in [0.3, 0.4) is 0 Å². The van der Waals surface area contributed by atoms with Crippen molar-refractivity contribution in [1.29, 1.82) is 0 Å². The normalized spacial score (nSPS) is 18.0. The molecule has 1 aliphatic heterocycles. The summed E-state index contributed by atoms with van der Waals surface area (Å²) in [7, 11) is 4.01. The Morgan fingerprint density at radius 1 is 1.14 bits per heavy atom. The molecular weight excluding hydrogens is 362 g/mol. The second-order valence-electron chi connectivity index (χ2n) is 8.34. The molecule has 1 atom stereocenters. The van der Waals surface area contributed by atoms with Crippen molar-refractivity contribution in [3.05, 3.63) is 58.9 Å². The number of carbonyl (C=O) groups excluding carboxylic acids is 1. The molecule has 2 aromatic heterocycles. The number of nitrogens with zero attached hydrogens (tertiary/aromatic N) is 5. The number of likely N-dealkylation sites (N-methyl/N-ethyl adjacent to an activating group) is 1. The smallest absolute Gasteiger partial charge is 0.255 e. The van der Waals surface area contributed by atoms with Crippen molar-refractivity contribution in [2.24, 2.45) is 7.05 Å². The van der Waals surface area contributed by atoms with Crippen molar-refractivity contribution in [1.82, 2.24) is 24.6 Å². The van der Waals surface area contributed by atoms with E-state index in [0.717, 1.165) is 41.1 Å². The summed E-state index contributed by atoms with van der Waals surface area (Å²) in [6.45, 7) is 8.56. The fraction of sp³-hybridized carbons (Fsp3) is 0.435.